The molecule has 0 atom stereocenters. The summed E-state index contributed by atoms with van der Waals surface area (Å²) in [5.41, 5.74) is 0.588. The molecule has 1 aromatic rings. The standard InChI is InChI=1S/C16H19N3O3/c1-2-18-9-10-19(16(21)15(18)20)8-3-11-22-14-6-4-13(12-17)5-7-14/h4-7H,2-3,8-11H2,1H3. The van der Waals surface area contributed by atoms with Gasteiger partial charge in [-0.3, -0.25) is 9.59 Å². The zero-order valence-corrected chi connectivity index (χ0v) is 12.6. The van der Waals surface area contributed by atoms with Gasteiger partial charge in [0.1, 0.15) is 5.75 Å². The second kappa shape index (κ2) is 7.46. The van der Waals surface area contributed by atoms with Crippen LogP contribution >= 0.6 is 0 Å². The Balaban J connectivity index is 1.73. The normalized spacial score (nSPS) is 14.9. The van der Waals surface area contributed by atoms with Crippen LogP contribution in [0.15, 0.2) is 24.3 Å². The number of ether oxygens (including phenoxy) is 1. The molecule has 0 spiro atoms. The fourth-order valence-corrected chi connectivity index (χ4v) is 2.30. The maximum Gasteiger partial charge on any atom is 0.312 e. The molecule has 1 fully saturated rings. The third kappa shape index (κ3) is 3.76. The van der Waals surface area contributed by atoms with Gasteiger partial charge in [0, 0.05) is 26.2 Å². The van der Waals surface area contributed by atoms with E-state index in [9.17, 15) is 9.59 Å². The molecular weight excluding hydrogens is 282 g/mol. The van der Waals surface area contributed by atoms with Crippen molar-refractivity contribution in [1.82, 2.24) is 9.80 Å². The van der Waals surface area contributed by atoms with Gasteiger partial charge < -0.3 is 14.5 Å². The smallest absolute Gasteiger partial charge is 0.312 e. The van der Waals surface area contributed by atoms with E-state index in [-0.39, 0.29) is 0 Å². The minimum Gasteiger partial charge on any atom is -0.494 e. The van der Waals surface area contributed by atoms with Gasteiger partial charge in [-0.1, -0.05) is 0 Å². The highest BCUT2D eigenvalue weighted by molar-refractivity contribution is 6.35. The number of piperazine rings is 1. The van der Waals surface area contributed by atoms with Gasteiger partial charge >= 0.3 is 11.8 Å². The topological polar surface area (TPSA) is 73.6 Å². The Hall–Kier alpha value is -2.55. The van der Waals surface area contributed by atoms with Gasteiger partial charge in [0.15, 0.2) is 0 Å². The Labute approximate surface area is 129 Å². The monoisotopic (exact) mass is 301 g/mol. The van der Waals surface area contributed by atoms with E-state index in [1.807, 2.05) is 13.0 Å². The summed E-state index contributed by atoms with van der Waals surface area (Å²) < 4.78 is 5.56. The molecular formula is C16H19N3O3. The molecule has 0 bridgehead atoms. The van der Waals surface area contributed by atoms with Crippen LogP contribution in [0.1, 0.15) is 18.9 Å². The van der Waals surface area contributed by atoms with E-state index in [0.29, 0.717) is 50.5 Å². The van der Waals surface area contributed by atoms with Crippen molar-refractivity contribution in [2.24, 2.45) is 0 Å². The lowest BCUT2D eigenvalue weighted by Crippen LogP contribution is -2.54. The predicted octanol–water partition coefficient (Wildman–Crippen LogP) is 1.02. The number of likely N-dealkylation sites (N-methyl/N-ethyl adjacent to an activating group) is 1. The first kappa shape index (κ1) is 15.8. The predicted molar refractivity (Wildman–Crippen MR) is 80.1 cm³/mol. The van der Waals surface area contributed by atoms with E-state index in [0.717, 1.165) is 0 Å². The molecule has 0 aliphatic carbocycles. The van der Waals surface area contributed by atoms with E-state index in [1.54, 1.807) is 34.1 Å². The number of amides is 2. The number of hydrogen-bond donors (Lipinski definition) is 0. The fourth-order valence-electron chi connectivity index (χ4n) is 2.30. The number of carbonyl (C=O) groups excluding carboxylic acids is 2. The van der Waals surface area contributed by atoms with Crippen molar-refractivity contribution >= 4 is 11.8 Å². The Morgan fingerprint density at radius 2 is 1.77 bits per heavy atom. The van der Waals surface area contributed by atoms with Crippen LogP contribution in [0.2, 0.25) is 0 Å². The van der Waals surface area contributed by atoms with Crippen LogP contribution in [0.3, 0.4) is 0 Å². The molecule has 6 heteroatoms. The number of nitriles is 1. The second-order valence-corrected chi connectivity index (χ2v) is 5.02. The quantitative estimate of drug-likeness (QED) is 0.581. The summed E-state index contributed by atoms with van der Waals surface area (Å²) in [6.07, 6.45) is 0.658. The van der Waals surface area contributed by atoms with Gasteiger partial charge in [0.2, 0.25) is 0 Å². The SMILES string of the molecule is CCN1CCN(CCCOc2ccc(C#N)cc2)C(=O)C1=O. The summed E-state index contributed by atoms with van der Waals surface area (Å²) in [4.78, 5) is 26.8. The fraction of sp³-hybridized carbons (Fsp3) is 0.438. The van der Waals surface area contributed by atoms with Crippen LogP contribution in [0, 0.1) is 11.3 Å². The molecule has 116 valence electrons. The zero-order valence-electron chi connectivity index (χ0n) is 12.6. The minimum absolute atomic E-state index is 0.415. The number of carbonyl (C=O) groups is 2. The largest absolute Gasteiger partial charge is 0.494 e. The molecule has 0 unspecified atom stereocenters. The van der Waals surface area contributed by atoms with Crippen LogP contribution in [-0.2, 0) is 9.59 Å². The highest BCUT2D eigenvalue weighted by atomic mass is 16.5. The van der Waals surface area contributed by atoms with Crippen LogP contribution in [0.4, 0.5) is 0 Å². The van der Waals surface area contributed by atoms with Gasteiger partial charge in [0.05, 0.1) is 18.2 Å². The van der Waals surface area contributed by atoms with Gasteiger partial charge in [-0.2, -0.15) is 5.26 Å². The van der Waals surface area contributed by atoms with Gasteiger partial charge in [-0.25, -0.2) is 0 Å². The third-order valence-electron chi connectivity index (χ3n) is 3.60. The van der Waals surface area contributed by atoms with Crippen molar-refractivity contribution in [3.8, 4) is 11.8 Å². The first-order valence-corrected chi connectivity index (χ1v) is 7.37. The van der Waals surface area contributed by atoms with Gasteiger partial charge in [0.25, 0.3) is 0 Å². The summed E-state index contributed by atoms with van der Waals surface area (Å²) in [7, 11) is 0. The van der Waals surface area contributed by atoms with Crippen molar-refractivity contribution in [3.63, 3.8) is 0 Å². The molecule has 1 heterocycles. The van der Waals surface area contributed by atoms with Crippen molar-refractivity contribution < 1.29 is 14.3 Å². The lowest BCUT2D eigenvalue weighted by atomic mass is 10.2. The van der Waals surface area contributed by atoms with Crippen molar-refractivity contribution in [1.29, 1.82) is 5.26 Å². The van der Waals surface area contributed by atoms with Crippen LogP contribution in [0.5, 0.6) is 5.75 Å². The number of benzene rings is 1. The highest BCUT2D eigenvalue weighted by Crippen LogP contribution is 2.12. The molecule has 1 aliphatic heterocycles. The third-order valence-corrected chi connectivity index (χ3v) is 3.60. The first-order valence-electron chi connectivity index (χ1n) is 7.37. The second-order valence-electron chi connectivity index (χ2n) is 5.02. The summed E-state index contributed by atoms with van der Waals surface area (Å²) in [6, 6.07) is 8.92. The summed E-state index contributed by atoms with van der Waals surface area (Å²) >= 11 is 0. The van der Waals surface area contributed by atoms with Crippen molar-refractivity contribution in [3.05, 3.63) is 29.8 Å². The summed E-state index contributed by atoms with van der Waals surface area (Å²) in [5, 5.41) is 8.71. The van der Waals surface area contributed by atoms with Crippen LogP contribution in [-0.4, -0.2) is 54.4 Å². The Kier molecular flexibility index (Phi) is 5.37. The molecule has 0 N–H and O–H groups in total. The number of rotatable bonds is 6. The Morgan fingerprint density at radius 3 is 2.41 bits per heavy atom. The number of hydrogen-bond acceptors (Lipinski definition) is 4. The maximum atomic E-state index is 11.9. The highest BCUT2D eigenvalue weighted by Gasteiger charge is 2.30. The number of nitrogens with zero attached hydrogens (tertiary/aromatic N) is 3. The Morgan fingerprint density at radius 1 is 1.14 bits per heavy atom. The molecule has 6 nitrogen and oxygen atoms in total. The summed E-state index contributed by atoms with van der Waals surface area (Å²) in [5.74, 6) is -0.148. The van der Waals surface area contributed by atoms with Crippen molar-refractivity contribution in [2.45, 2.75) is 13.3 Å². The minimum atomic E-state index is -0.425. The van der Waals surface area contributed by atoms with E-state index < -0.39 is 11.8 Å². The molecule has 1 aliphatic rings. The molecule has 1 aromatic carbocycles. The average Bonchev–Trinajstić information content (AvgIpc) is 2.56. The zero-order chi connectivity index (χ0) is 15.9. The molecule has 2 rings (SSSR count). The average molecular weight is 301 g/mol. The Bertz CT molecular complexity index is 577. The van der Waals surface area contributed by atoms with E-state index in [4.69, 9.17) is 10.00 Å². The molecule has 0 radical (unpaired) electrons. The molecule has 2 amide bonds. The first-order chi connectivity index (χ1) is 10.7. The van der Waals surface area contributed by atoms with Gasteiger partial charge in [-0.05, 0) is 37.6 Å². The molecule has 1 saturated heterocycles. The molecule has 0 aromatic heterocycles. The lowest BCUT2D eigenvalue weighted by molar-refractivity contribution is -0.155. The molecule has 22 heavy (non-hydrogen) atoms. The van der Waals surface area contributed by atoms with Gasteiger partial charge in [-0.15, -0.1) is 0 Å². The lowest BCUT2D eigenvalue weighted by Gasteiger charge is -2.33. The van der Waals surface area contributed by atoms with E-state index in [2.05, 4.69) is 0 Å². The van der Waals surface area contributed by atoms with Crippen LogP contribution in [0.25, 0.3) is 0 Å². The van der Waals surface area contributed by atoms with Crippen LogP contribution < -0.4 is 4.74 Å². The van der Waals surface area contributed by atoms with E-state index in [1.165, 1.54) is 0 Å². The van der Waals surface area contributed by atoms with Crippen molar-refractivity contribution in [2.75, 3.05) is 32.8 Å². The summed E-state index contributed by atoms with van der Waals surface area (Å²) in [6.45, 7) is 4.58. The maximum absolute atomic E-state index is 11.9. The molecule has 0 saturated carbocycles. The van der Waals surface area contributed by atoms with E-state index >= 15 is 0 Å².